The summed E-state index contributed by atoms with van der Waals surface area (Å²) in [6, 6.07) is 10.6. The van der Waals surface area contributed by atoms with E-state index < -0.39 is 0 Å². The van der Waals surface area contributed by atoms with Gasteiger partial charge in [0.05, 0.1) is 10.0 Å². The van der Waals surface area contributed by atoms with Gasteiger partial charge in [-0.3, -0.25) is 0 Å². The number of aromatic hydroxyl groups is 2. The molecule has 0 bridgehead atoms. The van der Waals surface area contributed by atoms with Crippen molar-refractivity contribution >= 4 is 23.2 Å². The van der Waals surface area contributed by atoms with E-state index in [1.54, 1.807) is 18.2 Å². The van der Waals surface area contributed by atoms with Gasteiger partial charge in [-0.1, -0.05) is 67.7 Å². The molecule has 0 amide bonds. The second kappa shape index (κ2) is 8.81. The molecule has 0 aliphatic heterocycles. The van der Waals surface area contributed by atoms with Crippen LogP contribution in [0.1, 0.15) is 31.4 Å². The third-order valence-corrected chi connectivity index (χ3v) is 3.89. The Kier molecular flexibility index (Phi) is 7.41. The summed E-state index contributed by atoms with van der Waals surface area (Å²) in [7, 11) is 0. The minimum absolute atomic E-state index is 0.168. The van der Waals surface area contributed by atoms with Crippen molar-refractivity contribution in [1.29, 1.82) is 0 Å². The molecule has 2 aromatic rings. The Hall–Kier alpha value is -1.38. The molecule has 0 atom stereocenters. The van der Waals surface area contributed by atoms with Gasteiger partial charge < -0.3 is 10.2 Å². The molecular weight excluding hydrogens is 307 g/mol. The fraction of sp³-hybridized carbons (Fsp3) is 0.294. The molecule has 0 fully saturated rings. The van der Waals surface area contributed by atoms with E-state index in [0.717, 1.165) is 30.4 Å². The zero-order valence-electron chi connectivity index (χ0n) is 12.2. The van der Waals surface area contributed by atoms with Crippen LogP contribution >= 0.6 is 23.2 Å². The van der Waals surface area contributed by atoms with E-state index in [9.17, 15) is 5.11 Å². The van der Waals surface area contributed by atoms with E-state index in [4.69, 9.17) is 28.3 Å². The fourth-order valence-electron chi connectivity index (χ4n) is 1.87. The SMILES string of the molecule is CCCc1cccc(O)c1Cl.CCc1cccc(O)c1Cl. The summed E-state index contributed by atoms with van der Waals surface area (Å²) < 4.78 is 0. The first-order chi connectivity index (χ1) is 10.0. The predicted molar refractivity (Wildman–Crippen MR) is 89.6 cm³/mol. The average Bonchev–Trinajstić information content (AvgIpc) is 2.48. The van der Waals surface area contributed by atoms with Crippen molar-refractivity contribution in [3.8, 4) is 11.5 Å². The Morgan fingerprint density at radius 1 is 0.810 bits per heavy atom. The summed E-state index contributed by atoms with van der Waals surface area (Å²) in [5, 5.41) is 19.3. The lowest BCUT2D eigenvalue weighted by molar-refractivity contribution is 0.474. The van der Waals surface area contributed by atoms with Crippen LogP contribution < -0.4 is 0 Å². The molecular formula is C17H20Cl2O2. The third kappa shape index (κ3) is 5.14. The van der Waals surface area contributed by atoms with Crippen molar-refractivity contribution in [2.24, 2.45) is 0 Å². The van der Waals surface area contributed by atoms with Crippen molar-refractivity contribution in [2.45, 2.75) is 33.1 Å². The standard InChI is InChI=1S/C9H11ClO.C8H9ClO/c1-2-4-7-5-3-6-8(11)9(7)10;1-2-6-4-3-5-7(10)8(6)9/h3,5-6,11H,2,4H2,1H3;3-5,10H,2H2,1H3. The van der Waals surface area contributed by atoms with E-state index >= 15 is 0 Å². The zero-order valence-corrected chi connectivity index (χ0v) is 13.7. The average molecular weight is 327 g/mol. The highest BCUT2D eigenvalue weighted by atomic mass is 35.5. The van der Waals surface area contributed by atoms with Crippen LogP contribution in [0.5, 0.6) is 11.5 Å². The summed E-state index contributed by atoms with van der Waals surface area (Å²) in [4.78, 5) is 0. The monoisotopic (exact) mass is 326 g/mol. The van der Waals surface area contributed by atoms with E-state index in [0.29, 0.717) is 10.0 Å². The van der Waals surface area contributed by atoms with Crippen LogP contribution in [0.2, 0.25) is 10.0 Å². The molecule has 0 heterocycles. The van der Waals surface area contributed by atoms with Crippen LogP contribution in [0.25, 0.3) is 0 Å². The molecule has 4 heteroatoms. The van der Waals surface area contributed by atoms with Gasteiger partial charge in [0.25, 0.3) is 0 Å². The Labute approximate surface area is 136 Å². The van der Waals surface area contributed by atoms with Gasteiger partial charge in [-0.25, -0.2) is 0 Å². The van der Waals surface area contributed by atoms with Crippen molar-refractivity contribution < 1.29 is 10.2 Å². The number of aryl methyl sites for hydroxylation is 2. The van der Waals surface area contributed by atoms with Gasteiger partial charge >= 0.3 is 0 Å². The first-order valence-electron chi connectivity index (χ1n) is 6.93. The van der Waals surface area contributed by atoms with Gasteiger partial charge in [0.1, 0.15) is 11.5 Å². The van der Waals surface area contributed by atoms with Crippen molar-refractivity contribution in [2.75, 3.05) is 0 Å². The minimum Gasteiger partial charge on any atom is -0.506 e. The number of phenols is 2. The van der Waals surface area contributed by atoms with Crippen LogP contribution in [0.15, 0.2) is 36.4 Å². The first-order valence-corrected chi connectivity index (χ1v) is 7.69. The van der Waals surface area contributed by atoms with Crippen LogP contribution in [0.4, 0.5) is 0 Å². The van der Waals surface area contributed by atoms with E-state index in [1.165, 1.54) is 0 Å². The molecule has 2 rings (SSSR count). The van der Waals surface area contributed by atoms with Crippen LogP contribution in [0, 0.1) is 0 Å². The van der Waals surface area contributed by atoms with Gasteiger partial charge in [-0.05, 0) is 36.1 Å². The van der Waals surface area contributed by atoms with E-state index in [-0.39, 0.29) is 11.5 Å². The Balaban J connectivity index is 0.000000211. The zero-order chi connectivity index (χ0) is 15.8. The number of hydrogen-bond acceptors (Lipinski definition) is 2. The lowest BCUT2D eigenvalue weighted by atomic mass is 10.1. The molecule has 21 heavy (non-hydrogen) atoms. The van der Waals surface area contributed by atoms with Crippen molar-refractivity contribution in [1.82, 2.24) is 0 Å². The molecule has 0 radical (unpaired) electrons. The molecule has 0 aromatic heterocycles. The topological polar surface area (TPSA) is 40.5 Å². The highest BCUT2D eigenvalue weighted by Crippen LogP contribution is 2.27. The largest absolute Gasteiger partial charge is 0.506 e. The van der Waals surface area contributed by atoms with Crippen molar-refractivity contribution in [3.05, 3.63) is 57.6 Å². The highest BCUT2D eigenvalue weighted by molar-refractivity contribution is 6.33. The van der Waals surface area contributed by atoms with Gasteiger partial charge in [0.2, 0.25) is 0 Å². The number of phenolic OH excluding ortho intramolecular Hbond substituents is 2. The predicted octanol–water partition coefficient (Wildman–Crippen LogP) is 5.61. The van der Waals surface area contributed by atoms with Crippen LogP contribution in [-0.2, 0) is 12.8 Å². The molecule has 0 aliphatic rings. The molecule has 2 nitrogen and oxygen atoms in total. The van der Waals surface area contributed by atoms with Crippen LogP contribution in [0.3, 0.4) is 0 Å². The Morgan fingerprint density at radius 2 is 1.29 bits per heavy atom. The normalized spacial score (nSPS) is 9.90. The summed E-state index contributed by atoms with van der Waals surface area (Å²) >= 11 is 11.6. The summed E-state index contributed by atoms with van der Waals surface area (Å²) in [5.74, 6) is 0.346. The maximum atomic E-state index is 9.19. The molecule has 0 saturated heterocycles. The van der Waals surface area contributed by atoms with Gasteiger partial charge in [0.15, 0.2) is 0 Å². The van der Waals surface area contributed by atoms with Gasteiger partial charge in [0, 0.05) is 0 Å². The summed E-state index contributed by atoms with van der Waals surface area (Å²) in [6.07, 6.45) is 2.82. The molecule has 0 spiro atoms. The molecule has 0 aliphatic carbocycles. The minimum atomic E-state index is 0.168. The Morgan fingerprint density at radius 3 is 1.71 bits per heavy atom. The van der Waals surface area contributed by atoms with E-state index in [1.807, 2.05) is 25.1 Å². The van der Waals surface area contributed by atoms with E-state index in [2.05, 4.69) is 6.92 Å². The number of hydrogen-bond donors (Lipinski definition) is 2. The van der Waals surface area contributed by atoms with Gasteiger partial charge in [-0.2, -0.15) is 0 Å². The van der Waals surface area contributed by atoms with Crippen molar-refractivity contribution in [3.63, 3.8) is 0 Å². The quantitative estimate of drug-likeness (QED) is 0.769. The smallest absolute Gasteiger partial charge is 0.134 e. The maximum absolute atomic E-state index is 9.19. The third-order valence-electron chi connectivity index (χ3n) is 3.02. The second-order valence-corrected chi connectivity index (χ2v) is 5.36. The highest BCUT2D eigenvalue weighted by Gasteiger charge is 2.02. The fourth-order valence-corrected chi connectivity index (χ4v) is 2.35. The van der Waals surface area contributed by atoms with Crippen LogP contribution in [-0.4, -0.2) is 10.2 Å². The molecule has 0 saturated carbocycles. The maximum Gasteiger partial charge on any atom is 0.134 e. The number of halogens is 2. The molecule has 0 unspecified atom stereocenters. The summed E-state index contributed by atoms with van der Waals surface area (Å²) in [5.41, 5.74) is 2.01. The summed E-state index contributed by atoms with van der Waals surface area (Å²) in [6.45, 7) is 4.08. The second-order valence-electron chi connectivity index (χ2n) is 4.60. The molecule has 2 N–H and O–H groups in total. The lowest BCUT2D eigenvalue weighted by Crippen LogP contribution is -1.83. The van der Waals surface area contributed by atoms with Gasteiger partial charge in [-0.15, -0.1) is 0 Å². The first kappa shape index (κ1) is 17.7. The number of benzene rings is 2. The number of rotatable bonds is 3. The lowest BCUT2D eigenvalue weighted by Gasteiger charge is -2.02. The molecule has 2 aromatic carbocycles. The molecule has 114 valence electrons. The Bertz CT molecular complexity index is 583.